The first-order valence-electron chi connectivity index (χ1n) is 3.69. The van der Waals surface area contributed by atoms with Gasteiger partial charge < -0.3 is 4.74 Å². The number of halogens is 4. The van der Waals surface area contributed by atoms with Crippen LogP contribution in [0.3, 0.4) is 0 Å². The highest BCUT2D eigenvalue weighted by Gasteiger charge is 2.25. The number of methoxy groups -OCH3 is 1. The minimum absolute atomic E-state index is 0.102. The van der Waals surface area contributed by atoms with Crippen molar-refractivity contribution in [2.75, 3.05) is 7.11 Å². The van der Waals surface area contributed by atoms with Crippen LogP contribution in [0.15, 0.2) is 6.20 Å². The number of alkyl halides is 2. The van der Waals surface area contributed by atoms with Crippen molar-refractivity contribution in [2.24, 2.45) is 0 Å². The molecule has 0 saturated carbocycles. The molecule has 7 heteroatoms. The average molecular weight is 256 g/mol. The SMILES string of the molecule is COc1c(Cl)cnc(C(=O)Cl)c1C(F)F. The Labute approximate surface area is 94.0 Å². The van der Waals surface area contributed by atoms with Gasteiger partial charge in [-0.3, -0.25) is 4.79 Å². The molecule has 1 heterocycles. The highest BCUT2D eigenvalue weighted by molar-refractivity contribution is 6.67. The van der Waals surface area contributed by atoms with Gasteiger partial charge in [-0.05, 0) is 11.6 Å². The van der Waals surface area contributed by atoms with Gasteiger partial charge in [0.25, 0.3) is 11.7 Å². The largest absolute Gasteiger partial charge is 0.495 e. The summed E-state index contributed by atoms with van der Waals surface area (Å²) in [6.07, 6.45) is -1.91. The van der Waals surface area contributed by atoms with Gasteiger partial charge in [-0.25, -0.2) is 13.8 Å². The molecule has 0 amide bonds. The van der Waals surface area contributed by atoms with Crippen LogP contribution < -0.4 is 4.74 Å². The highest BCUT2D eigenvalue weighted by atomic mass is 35.5. The Balaban J connectivity index is 3.49. The van der Waals surface area contributed by atoms with E-state index in [1.807, 2.05) is 0 Å². The predicted molar refractivity (Wildman–Crippen MR) is 50.9 cm³/mol. The molecule has 1 rings (SSSR count). The summed E-state index contributed by atoms with van der Waals surface area (Å²) < 4.78 is 29.9. The van der Waals surface area contributed by atoms with Crippen molar-refractivity contribution in [3.63, 3.8) is 0 Å². The summed E-state index contributed by atoms with van der Waals surface area (Å²) in [5, 5.41) is -1.19. The molecule has 0 aromatic carbocycles. The minimum Gasteiger partial charge on any atom is -0.495 e. The molecular formula is C8H5Cl2F2NO2. The average Bonchev–Trinajstić information content (AvgIpc) is 2.16. The number of carbonyl (C=O) groups is 1. The van der Waals surface area contributed by atoms with Crippen molar-refractivity contribution >= 4 is 28.4 Å². The quantitative estimate of drug-likeness (QED) is 0.780. The summed E-state index contributed by atoms with van der Waals surface area (Å²) in [4.78, 5) is 14.3. The van der Waals surface area contributed by atoms with E-state index in [0.717, 1.165) is 13.3 Å². The third kappa shape index (κ3) is 2.35. The summed E-state index contributed by atoms with van der Waals surface area (Å²) in [7, 11) is 1.16. The van der Waals surface area contributed by atoms with Crippen LogP contribution in [0, 0.1) is 0 Å². The van der Waals surface area contributed by atoms with E-state index in [0.29, 0.717) is 0 Å². The van der Waals surface area contributed by atoms with Crippen molar-refractivity contribution in [2.45, 2.75) is 6.43 Å². The summed E-state index contributed by atoms with van der Waals surface area (Å²) in [5.41, 5.74) is -1.24. The molecule has 0 atom stereocenters. The van der Waals surface area contributed by atoms with Gasteiger partial charge in [0, 0.05) is 0 Å². The number of ether oxygens (including phenoxy) is 1. The van der Waals surface area contributed by atoms with Crippen molar-refractivity contribution in [1.29, 1.82) is 0 Å². The Hall–Kier alpha value is -0.940. The normalized spacial score (nSPS) is 10.5. The summed E-state index contributed by atoms with van der Waals surface area (Å²) in [6.45, 7) is 0. The number of rotatable bonds is 3. The first-order chi connectivity index (χ1) is 6.99. The fraction of sp³-hybridized carbons (Fsp3) is 0.250. The van der Waals surface area contributed by atoms with Crippen LogP contribution in [-0.2, 0) is 0 Å². The number of nitrogens with zero attached hydrogens (tertiary/aromatic N) is 1. The van der Waals surface area contributed by atoms with Gasteiger partial charge in [0.2, 0.25) is 0 Å². The highest BCUT2D eigenvalue weighted by Crippen LogP contribution is 2.36. The Morgan fingerprint density at radius 2 is 2.20 bits per heavy atom. The Morgan fingerprint density at radius 3 is 2.60 bits per heavy atom. The van der Waals surface area contributed by atoms with E-state index in [1.165, 1.54) is 0 Å². The first kappa shape index (κ1) is 12.1. The zero-order chi connectivity index (χ0) is 11.6. The number of pyridine rings is 1. The lowest BCUT2D eigenvalue weighted by Crippen LogP contribution is -2.05. The van der Waals surface area contributed by atoms with E-state index in [4.69, 9.17) is 23.2 Å². The third-order valence-electron chi connectivity index (χ3n) is 1.63. The first-order valence-corrected chi connectivity index (χ1v) is 4.45. The second-order valence-corrected chi connectivity index (χ2v) is 3.23. The molecule has 0 spiro atoms. The Kier molecular flexibility index (Phi) is 3.82. The second-order valence-electron chi connectivity index (χ2n) is 2.48. The zero-order valence-electron chi connectivity index (χ0n) is 7.43. The lowest BCUT2D eigenvalue weighted by atomic mass is 10.2. The van der Waals surface area contributed by atoms with E-state index in [9.17, 15) is 13.6 Å². The standard InChI is InChI=1S/C8H5Cl2F2NO2/c1-15-6-3(9)2-13-5(7(10)14)4(6)8(11)12/h2,8H,1H3. The molecule has 0 bridgehead atoms. The molecule has 0 N–H and O–H groups in total. The van der Waals surface area contributed by atoms with Crippen LogP contribution in [0.4, 0.5) is 8.78 Å². The topological polar surface area (TPSA) is 39.2 Å². The van der Waals surface area contributed by atoms with E-state index < -0.39 is 22.9 Å². The molecule has 0 aliphatic carbocycles. The van der Waals surface area contributed by atoms with Gasteiger partial charge in [0.05, 0.1) is 18.9 Å². The van der Waals surface area contributed by atoms with E-state index in [-0.39, 0.29) is 10.8 Å². The number of carbonyl (C=O) groups excluding carboxylic acids is 1. The molecule has 1 aromatic heterocycles. The van der Waals surface area contributed by atoms with Crippen LogP contribution in [0.25, 0.3) is 0 Å². The summed E-state index contributed by atoms with van der Waals surface area (Å²) in [5.74, 6) is -0.286. The van der Waals surface area contributed by atoms with Crippen LogP contribution in [-0.4, -0.2) is 17.3 Å². The maximum Gasteiger partial charge on any atom is 0.271 e. The molecule has 15 heavy (non-hydrogen) atoms. The maximum absolute atomic E-state index is 12.6. The molecular weight excluding hydrogens is 251 g/mol. The molecule has 0 radical (unpaired) electrons. The molecule has 0 aliphatic rings. The maximum atomic E-state index is 12.6. The number of hydrogen-bond donors (Lipinski definition) is 0. The van der Waals surface area contributed by atoms with Crippen LogP contribution in [0.1, 0.15) is 22.5 Å². The van der Waals surface area contributed by atoms with E-state index in [2.05, 4.69) is 9.72 Å². The second kappa shape index (κ2) is 4.72. The number of hydrogen-bond acceptors (Lipinski definition) is 3. The summed E-state index contributed by atoms with van der Waals surface area (Å²) in [6, 6.07) is 0. The van der Waals surface area contributed by atoms with Gasteiger partial charge in [-0.1, -0.05) is 11.6 Å². The predicted octanol–water partition coefficient (Wildman–Crippen LogP) is 3.06. The Morgan fingerprint density at radius 1 is 1.60 bits per heavy atom. The minimum atomic E-state index is -2.94. The molecule has 0 fully saturated rings. The van der Waals surface area contributed by atoms with Gasteiger partial charge in [0.1, 0.15) is 16.5 Å². The van der Waals surface area contributed by atoms with Crippen molar-refractivity contribution in [3.05, 3.63) is 22.5 Å². The monoisotopic (exact) mass is 255 g/mol. The molecule has 0 saturated heterocycles. The van der Waals surface area contributed by atoms with Crippen molar-refractivity contribution < 1.29 is 18.3 Å². The lowest BCUT2D eigenvalue weighted by molar-refractivity contribution is 0.105. The van der Waals surface area contributed by atoms with Crippen molar-refractivity contribution in [3.8, 4) is 5.75 Å². The number of aromatic nitrogens is 1. The van der Waals surface area contributed by atoms with Crippen LogP contribution in [0.2, 0.25) is 5.02 Å². The molecule has 82 valence electrons. The smallest absolute Gasteiger partial charge is 0.271 e. The van der Waals surface area contributed by atoms with Gasteiger partial charge in [-0.15, -0.1) is 0 Å². The van der Waals surface area contributed by atoms with Crippen LogP contribution in [0.5, 0.6) is 5.75 Å². The lowest BCUT2D eigenvalue weighted by Gasteiger charge is -2.11. The molecule has 0 aliphatic heterocycles. The van der Waals surface area contributed by atoms with Crippen LogP contribution >= 0.6 is 23.2 Å². The summed E-state index contributed by atoms with van der Waals surface area (Å²) >= 11 is 10.7. The molecule has 1 aromatic rings. The fourth-order valence-electron chi connectivity index (χ4n) is 1.05. The van der Waals surface area contributed by atoms with Gasteiger partial charge >= 0.3 is 0 Å². The van der Waals surface area contributed by atoms with E-state index in [1.54, 1.807) is 0 Å². The van der Waals surface area contributed by atoms with E-state index >= 15 is 0 Å². The van der Waals surface area contributed by atoms with Crippen molar-refractivity contribution in [1.82, 2.24) is 4.98 Å². The zero-order valence-corrected chi connectivity index (χ0v) is 8.94. The van der Waals surface area contributed by atoms with Gasteiger partial charge in [-0.2, -0.15) is 0 Å². The van der Waals surface area contributed by atoms with Gasteiger partial charge in [0.15, 0.2) is 0 Å². The Bertz CT molecular complexity index is 398. The fourth-order valence-corrected chi connectivity index (χ4v) is 1.43. The third-order valence-corrected chi connectivity index (χ3v) is 2.08. The molecule has 3 nitrogen and oxygen atoms in total. The molecule has 0 unspecified atom stereocenters.